The molecule has 12 nitrogen and oxygen atoms in total. The molecule has 178 valence electrons. The van der Waals surface area contributed by atoms with E-state index in [1.165, 1.54) is 24.3 Å². The van der Waals surface area contributed by atoms with Gasteiger partial charge in [-0.15, -0.1) is 0 Å². The molecule has 2 aromatic rings. The topological polar surface area (TPSA) is 207 Å². The number of rotatable bonds is 4. The number of aliphatic carboxylic acids is 1. The summed E-state index contributed by atoms with van der Waals surface area (Å²) in [5, 5.41) is 79.4. The van der Waals surface area contributed by atoms with E-state index in [4.69, 9.17) is 19.3 Å². The molecule has 0 amide bonds. The Morgan fingerprint density at radius 2 is 1.67 bits per heavy atom. The van der Waals surface area contributed by atoms with Gasteiger partial charge in [0.05, 0.1) is 6.10 Å². The molecule has 8 N–H and O–H groups in total. The van der Waals surface area contributed by atoms with E-state index < -0.39 is 54.6 Å². The molecule has 12 heteroatoms. The Morgan fingerprint density at radius 1 is 0.939 bits per heavy atom. The van der Waals surface area contributed by atoms with Crippen molar-refractivity contribution in [2.45, 2.75) is 49.3 Å². The van der Waals surface area contributed by atoms with Crippen LogP contribution in [0.1, 0.15) is 17.2 Å². The lowest BCUT2D eigenvalue weighted by Crippen LogP contribution is -2.61. The maximum Gasteiger partial charge on any atom is 0.335 e. The predicted octanol–water partition coefficient (Wildman–Crippen LogP) is -0.889. The molecular formula is C21H22O12. The number of ether oxygens (including phenoxy) is 3. The van der Waals surface area contributed by atoms with Crippen LogP contribution in [0.25, 0.3) is 0 Å². The summed E-state index contributed by atoms with van der Waals surface area (Å²) in [6, 6.07) is 6.26. The van der Waals surface area contributed by atoms with Crippen molar-refractivity contribution in [1.29, 1.82) is 0 Å². The van der Waals surface area contributed by atoms with Gasteiger partial charge in [0.2, 0.25) is 6.29 Å². The zero-order valence-corrected chi connectivity index (χ0v) is 16.8. The fourth-order valence-electron chi connectivity index (χ4n) is 3.83. The first-order valence-electron chi connectivity index (χ1n) is 9.88. The van der Waals surface area contributed by atoms with E-state index in [1.807, 2.05) is 0 Å². The number of carboxylic acid groups (broad SMARTS) is 1. The first-order valence-corrected chi connectivity index (χ1v) is 9.88. The van der Waals surface area contributed by atoms with Gasteiger partial charge in [-0.25, -0.2) is 4.79 Å². The summed E-state index contributed by atoms with van der Waals surface area (Å²) in [4.78, 5) is 11.3. The van der Waals surface area contributed by atoms with Crippen molar-refractivity contribution in [3.8, 4) is 28.7 Å². The average Bonchev–Trinajstić information content (AvgIpc) is 2.75. The van der Waals surface area contributed by atoms with Crippen LogP contribution in [-0.4, -0.2) is 83.6 Å². The Kier molecular flexibility index (Phi) is 5.95. The van der Waals surface area contributed by atoms with Gasteiger partial charge in [0.1, 0.15) is 41.7 Å². The van der Waals surface area contributed by atoms with Gasteiger partial charge >= 0.3 is 5.97 Å². The minimum absolute atomic E-state index is 0.00198. The quantitative estimate of drug-likeness (QED) is 0.276. The molecule has 2 heterocycles. The van der Waals surface area contributed by atoms with E-state index >= 15 is 0 Å². The van der Waals surface area contributed by atoms with Crippen molar-refractivity contribution in [2.75, 3.05) is 0 Å². The maximum absolute atomic E-state index is 11.3. The second-order valence-electron chi connectivity index (χ2n) is 7.83. The molecule has 1 fully saturated rings. The molecule has 4 rings (SSSR count). The zero-order chi connectivity index (χ0) is 24.0. The van der Waals surface area contributed by atoms with E-state index in [2.05, 4.69) is 0 Å². The Labute approximate surface area is 186 Å². The van der Waals surface area contributed by atoms with Crippen molar-refractivity contribution in [3.05, 3.63) is 41.5 Å². The van der Waals surface area contributed by atoms with Crippen LogP contribution >= 0.6 is 0 Å². The van der Waals surface area contributed by atoms with Crippen molar-refractivity contribution in [3.63, 3.8) is 0 Å². The van der Waals surface area contributed by atoms with Crippen LogP contribution < -0.4 is 9.47 Å². The molecule has 0 aromatic heterocycles. The van der Waals surface area contributed by atoms with E-state index in [0.29, 0.717) is 11.1 Å². The number of carbonyl (C=O) groups is 1. The number of aliphatic hydroxyl groups is 4. The molecule has 1 saturated heterocycles. The van der Waals surface area contributed by atoms with Crippen molar-refractivity contribution < 1.29 is 59.9 Å². The average molecular weight is 466 g/mol. The van der Waals surface area contributed by atoms with Crippen LogP contribution in [0, 0.1) is 0 Å². The minimum Gasteiger partial charge on any atom is -0.508 e. The molecule has 7 atom stereocenters. The molecule has 0 aliphatic carbocycles. The van der Waals surface area contributed by atoms with Crippen LogP contribution in [0.3, 0.4) is 0 Å². The highest BCUT2D eigenvalue weighted by Crippen LogP contribution is 2.43. The summed E-state index contributed by atoms with van der Waals surface area (Å²) < 4.78 is 16.2. The van der Waals surface area contributed by atoms with Crippen LogP contribution in [0.2, 0.25) is 0 Å². The molecule has 2 aliphatic heterocycles. The molecule has 0 bridgehead atoms. The maximum atomic E-state index is 11.3. The number of phenols is 3. The van der Waals surface area contributed by atoms with Gasteiger partial charge in [-0.2, -0.15) is 0 Å². The Morgan fingerprint density at radius 3 is 2.36 bits per heavy atom. The molecule has 0 radical (unpaired) electrons. The number of phenolic OH excluding ortho intramolecular Hbond substituents is 3. The number of aliphatic hydroxyl groups excluding tert-OH is 4. The standard InChI is InChI=1S/C21H22O12/c22-8-4-11(24)9-6-12(25)18(31-13(9)5-8)7-1-2-10(23)14(3-7)32-21-17(28)15(26)16(27)19(33-21)20(29)30/h1-5,12,15-19,21-28H,6H2,(H,29,30)/t12?,15-,16-,17+,18?,19-,21?/m0/s1. The van der Waals surface area contributed by atoms with Gasteiger partial charge in [-0.05, 0) is 17.7 Å². The first kappa shape index (κ1) is 22.9. The Hall–Kier alpha value is -3.29. The van der Waals surface area contributed by atoms with Gasteiger partial charge < -0.3 is 55.1 Å². The van der Waals surface area contributed by atoms with E-state index in [9.17, 15) is 40.5 Å². The molecule has 3 unspecified atom stereocenters. The summed E-state index contributed by atoms with van der Waals surface area (Å²) in [5.41, 5.74) is 0.599. The van der Waals surface area contributed by atoms with Crippen molar-refractivity contribution >= 4 is 5.97 Å². The molecule has 2 aliphatic rings. The van der Waals surface area contributed by atoms with Gasteiger partial charge in [0, 0.05) is 24.1 Å². The second-order valence-corrected chi connectivity index (χ2v) is 7.83. The van der Waals surface area contributed by atoms with Crippen LogP contribution in [0.5, 0.6) is 28.7 Å². The summed E-state index contributed by atoms with van der Waals surface area (Å²) in [5.74, 6) is -2.65. The second kappa shape index (κ2) is 8.57. The fraction of sp³-hybridized carbons (Fsp3) is 0.381. The molecule has 33 heavy (non-hydrogen) atoms. The third-order valence-corrected chi connectivity index (χ3v) is 5.56. The number of hydrogen-bond acceptors (Lipinski definition) is 11. The summed E-state index contributed by atoms with van der Waals surface area (Å²) >= 11 is 0. The molecule has 0 saturated carbocycles. The number of fused-ring (bicyclic) bond motifs is 1. The minimum atomic E-state index is -1.91. The summed E-state index contributed by atoms with van der Waals surface area (Å²) in [6.07, 6.45) is -11.4. The van der Waals surface area contributed by atoms with Crippen molar-refractivity contribution in [2.24, 2.45) is 0 Å². The number of aromatic hydroxyl groups is 3. The number of hydrogen-bond donors (Lipinski definition) is 8. The van der Waals surface area contributed by atoms with Crippen LogP contribution in [0.15, 0.2) is 30.3 Å². The highest BCUT2D eigenvalue weighted by molar-refractivity contribution is 5.73. The normalized spacial score (nSPS) is 31.3. The van der Waals surface area contributed by atoms with Gasteiger partial charge in [-0.1, -0.05) is 6.07 Å². The Bertz CT molecular complexity index is 1060. The zero-order valence-electron chi connectivity index (χ0n) is 16.8. The van der Waals surface area contributed by atoms with Gasteiger partial charge in [0.15, 0.2) is 17.6 Å². The lowest BCUT2D eigenvalue weighted by Gasteiger charge is -2.38. The SMILES string of the molecule is O=C(O)[C@H]1OC(Oc2cc(C3Oc4cc(O)cc(O)c4CC3O)ccc2O)[C@H](O)[C@@H](O)[C@@H]1O. The Balaban J connectivity index is 1.60. The molecule has 0 spiro atoms. The van der Waals surface area contributed by atoms with E-state index in [-0.39, 0.29) is 29.4 Å². The smallest absolute Gasteiger partial charge is 0.335 e. The first-order chi connectivity index (χ1) is 15.6. The molecule has 2 aromatic carbocycles. The lowest BCUT2D eigenvalue weighted by atomic mass is 9.94. The van der Waals surface area contributed by atoms with Crippen molar-refractivity contribution in [1.82, 2.24) is 0 Å². The third kappa shape index (κ3) is 4.21. The van der Waals surface area contributed by atoms with E-state index in [0.717, 1.165) is 6.07 Å². The van der Waals surface area contributed by atoms with E-state index in [1.54, 1.807) is 0 Å². The van der Waals surface area contributed by atoms with Gasteiger partial charge in [-0.3, -0.25) is 0 Å². The summed E-state index contributed by atoms with van der Waals surface area (Å²) in [6.45, 7) is 0. The predicted molar refractivity (Wildman–Crippen MR) is 106 cm³/mol. The third-order valence-electron chi connectivity index (χ3n) is 5.56. The lowest BCUT2D eigenvalue weighted by molar-refractivity contribution is -0.271. The van der Waals surface area contributed by atoms with Crippen LogP contribution in [0.4, 0.5) is 0 Å². The highest BCUT2D eigenvalue weighted by atomic mass is 16.7. The largest absolute Gasteiger partial charge is 0.508 e. The summed E-state index contributed by atoms with van der Waals surface area (Å²) in [7, 11) is 0. The molecular weight excluding hydrogens is 444 g/mol. The van der Waals surface area contributed by atoms with Crippen LogP contribution in [-0.2, 0) is 16.0 Å². The number of benzene rings is 2. The monoisotopic (exact) mass is 466 g/mol. The fourth-order valence-corrected chi connectivity index (χ4v) is 3.83. The highest BCUT2D eigenvalue weighted by Gasteiger charge is 2.48. The number of carboxylic acids is 1. The van der Waals surface area contributed by atoms with Gasteiger partial charge in [0.25, 0.3) is 0 Å².